The molecule has 2 aromatic rings. The van der Waals surface area contributed by atoms with Crippen LogP contribution in [0.1, 0.15) is 35.2 Å². The quantitative estimate of drug-likeness (QED) is 0.876. The highest BCUT2D eigenvalue weighted by molar-refractivity contribution is 6.30. The average Bonchev–Trinajstić information content (AvgIpc) is 3.33. The van der Waals surface area contributed by atoms with Crippen LogP contribution in [0.15, 0.2) is 54.6 Å². The number of rotatable bonds is 4. The second-order valence-electron chi connectivity index (χ2n) is 7.65. The predicted octanol–water partition coefficient (Wildman–Crippen LogP) is 3.69. The molecule has 1 heterocycles. The summed E-state index contributed by atoms with van der Waals surface area (Å²) in [5, 5.41) is 3.82. The minimum Gasteiger partial charge on any atom is -0.349 e. The van der Waals surface area contributed by atoms with Crippen LogP contribution in [0.2, 0.25) is 5.02 Å². The second-order valence-corrected chi connectivity index (χ2v) is 8.08. The molecule has 1 N–H and O–H groups in total. The Balaban J connectivity index is 1.28. The summed E-state index contributed by atoms with van der Waals surface area (Å²) >= 11 is 6.00. The Morgan fingerprint density at radius 1 is 1.07 bits per heavy atom. The largest absolute Gasteiger partial charge is 0.349 e. The molecular formula is C22H23ClN2O2. The molecule has 1 unspecified atom stereocenters. The summed E-state index contributed by atoms with van der Waals surface area (Å²) in [5.74, 6) is 0.148. The fourth-order valence-electron chi connectivity index (χ4n) is 4.07. The number of amides is 2. The smallest absolute Gasteiger partial charge is 0.251 e. The van der Waals surface area contributed by atoms with Crippen LogP contribution < -0.4 is 5.32 Å². The first-order valence-corrected chi connectivity index (χ1v) is 9.82. The summed E-state index contributed by atoms with van der Waals surface area (Å²) in [6, 6.07) is 17.0. The van der Waals surface area contributed by atoms with Crippen molar-refractivity contribution in [3.63, 3.8) is 0 Å². The predicted molar refractivity (Wildman–Crippen MR) is 106 cm³/mol. The van der Waals surface area contributed by atoms with Crippen molar-refractivity contribution in [2.24, 2.45) is 5.41 Å². The number of carbonyl (C=O) groups excluding carboxylic acids is 2. The molecule has 4 nitrogen and oxygen atoms in total. The van der Waals surface area contributed by atoms with Gasteiger partial charge in [0.05, 0.1) is 6.42 Å². The van der Waals surface area contributed by atoms with Crippen molar-refractivity contribution in [2.75, 3.05) is 13.1 Å². The fourth-order valence-corrected chi connectivity index (χ4v) is 4.28. The lowest BCUT2D eigenvalue weighted by atomic mass is 9.92. The molecule has 1 aliphatic heterocycles. The van der Waals surface area contributed by atoms with Gasteiger partial charge < -0.3 is 10.2 Å². The fraction of sp³-hybridized carbons (Fsp3) is 0.364. The number of piperidine rings is 1. The standard InChI is InChI=1S/C22H23ClN2O2/c23-18-8-4-5-16(13-18)14-20(26)25-11-9-22(10-12-25)15-19(22)24-21(27)17-6-2-1-3-7-17/h1-8,13,19H,9-12,14-15H2,(H,24,27). The summed E-state index contributed by atoms with van der Waals surface area (Å²) in [6.07, 6.45) is 3.31. The molecule has 2 amide bonds. The Kier molecular flexibility index (Phi) is 4.92. The first kappa shape index (κ1) is 18.1. The van der Waals surface area contributed by atoms with Gasteiger partial charge in [0.1, 0.15) is 0 Å². The molecular weight excluding hydrogens is 360 g/mol. The summed E-state index contributed by atoms with van der Waals surface area (Å²) in [6.45, 7) is 1.52. The number of nitrogens with zero attached hydrogens (tertiary/aromatic N) is 1. The Morgan fingerprint density at radius 2 is 1.81 bits per heavy atom. The normalized spacial score (nSPS) is 20.3. The highest BCUT2D eigenvalue weighted by Crippen LogP contribution is 2.54. The lowest BCUT2D eigenvalue weighted by Gasteiger charge is -2.33. The van der Waals surface area contributed by atoms with E-state index in [4.69, 9.17) is 11.6 Å². The average molecular weight is 383 g/mol. The van der Waals surface area contributed by atoms with Crippen LogP contribution in [-0.2, 0) is 11.2 Å². The van der Waals surface area contributed by atoms with Crippen molar-refractivity contribution in [2.45, 2.75) is 31.7 Å². The molecule has 2 fully saturated rings. The number of nitrogens with one attached hydrogen (secondary N) is 1. The first-order valence-electron chi connectivity index (χ1n) is 9.44. The molecule has 0 radical (unpaired) electrons. The molecule has 1 saturated heterocycles. The van der Waals surface area contributed by atoms with Gasteiger partial charge in [0, 0.05) is 29.7 Å². The van der Waals surface area contributed by atoms with Crippen LogP contribution in [0.5, 0.6) is 0 Å². The lowest BCUT2D eigenvalue weighted by molar-refractivity contribution is -0.132. The first-order chi connectivity index (χ1) is 13.1. The van der Waals surface area contributed by atoms with Gasteiger partial charge in [-0.1, -0.05) is 41.9 Å². The van der Waals surface area contributed by atoms with E-state index in [0.717, 1.165) is 37.9 Å². The maximum absolute atomic E-state index is 12.6. The van der Waals surface area contributed by atoms with Crippen molar-refractivity contribution in [1.82, 2.24) is 10.2 Å². The Labute approximate surface area is 164 Å². The van der Waals surface area contributed by atoms with Gasteiger partial charge in [-0.3, -0.25) is 9.59 Å². The molecule has 2 aromatic carbocycles. The zero-order valence-electron chi connectivity index (χ0n) is 15.2. The molecule has 1 spiro atoms. The van der Waals surface area contributed by atoms with Crippen LogP contribution in [-0.4, -0.2) is 35.8 Å². The molecule has 5 heteroatoms. The van der Waals surface area contributed by atoms with Crippen LogP contribution in [0.4, 0.5) is 0 Å². The molecule has 4 rings (SSSR count). The van der Waals surface area contributed by atoms with Gasteiger partial charge >= 0.3 is 0 Å². The number of hydrogen-bond donors (Lipinski definition) is 1. The van der Waals surface area contributed by atoms with E-state index in [9.17, 15) is 9.59 Å². The molecule has 2 aliphatic rings. The number of hydrogen-bond acceptors (Lipinski definition) is 2. The summed E-state index contributed by atoms with van der Waals surface area (Å²) < 4.78 is 0. The summed E-state index contributed by atoms with van der Waals surface area (Å²) in [5.41, 5.74) is 1.83. The number of benzene rings is 2. The van der Waals surface area contributed by atoms with Crippen molar-refractivity contribution < 1.29 is 9.59 Å². The van der Waals surface area contributed by atoms with E-state index in [-0.39, 0.29) is 23.3 Å². The van der Waals surface area contributed by atoms with Gasteiger partial charge in [-0.05, 0) is 54.5 Å². The molecule has 27 heavy (non-hydrogen) atoms. The van der Waals surface area contributed by atoms with Crippen molar-refractivity contribution >= 4 is 23.4 Å². The molecule has 0 aromatic heterocycles. The third kappa shape index (κ3) is 4.01. The van der Waals surface area contributed by atoms with Crippen molar-refractivity contribution in [1.29, 1.82) is 0 Å². The Hall–Kier alpha value is -2.33. The van der Waals surface area contributed by atoms with Crippen LogP contribution in [0.3, 0.4) is 0 Å². The van der Waals surface area contributed by atoms with Crippen molar-refractivity contribution in [3.8, 4) is 0 Å². The van der Waals surface area contributed by atoms with E-state index in [1.807, 2.05) is 59.5 Å². The van der Waals surface area contributed by atoms with E-state index < -0.39 is 0 Å². The van der Waals surface area contributed by atoms with Gasteiger partial charge in [0.15, 0.2) is 0 Å². The van der Waals surface area contributed by atoms with E-state index in [2.05, 4.69) is 5.32 Å². The van der Waals surface area contributed by atoms with Gasteiger partial charge in [-0.15, -0.1) is 0 Å². The summed E-state index contributed by atoms with van der Waals surface area (Å²) in [4.78, 5) is 26.9. The number of halogens is 1. The third-order valence-electron chi connectivity index (χ3n) is 5.89. The lowest BCUT2D eigenvalue weighted by Crippen LogP contribution is -2.42. The molecule has 140 valence electrons. The maximum atomic E-state index is 12.6. The topological polar surface area (TPSA) is 49.4 Å². The minimum atomic E-state index is -0.00284. The van der Waals surface area contributed by atoms with E-state index >= 15 is 0 Å². The van der Waals surface area contributed by atoms with E-state index in [0.29, 0.717) is 17.0 Å². The van der Waals surface area contributed by atoms with Gasteiger partial charge in [-0.25, -0.2) is 0 Å². The van der Waals surface area contributed by atoms with Gasteiger partial charge in [0.2, 0.25) is 5.91 Å². The van der Waals surface area contributed by atoms with Crippen LogP contribution >= 0.6 is 11.6 Å². The molecule has 0 bridgehead atoms. The highest BCUT2D eigenvalue weighted by Gasteiger charge is 2.55. The van der Waals surface area contributed by atoms with Crippen LogP contribution in [0.25, 0.3) is 0 Å². The zero-order valence-corrected chi connectivity index (χ0v) is 15.9. The minimum absolute atomic E-state index is 0.00284. The van der Waals surface area contributed by atoms with E-state index in [1.165, 1.54) is 0 Å². The molecule has 1 aliphatic carbocycles. The number of likely N-dealkylation sites (tertiary alicyclic amines) is 1. The highest BCUT2D eigenvalue weighted by atomic mass is 35.5. The zero-order chi connectivity index (χ0) is 18.9. The number of carbonyl (C=O) groups is 2. The maximum Gasteiger partial charge on any atom is 0.251 e. The van der Waals surface area contributed by atoms with Gasteiger partial charge in [-0.2, -0.15) is 0 Å². The van der Waals surface area contributed by atoms with E-state index in [1.54, 1.807) is 0 Å². The van der Waals surface area contributed by atoms with Gasteiger partial charge in [0.25, 0.3) is 5.91 Å². The molecule has 1 saturated carbocycles. The monoisotopic (exact) mass is 382 g/mol. The second kappa shape index (κ2) is 7.35. The summed E-state index contributed by atoms with van der Waals surface area (Å²) in [7, 11) is 0. The SMILES string of the molecule is O=C(NC1CC12CCN(C(=O)Cc1cccc(Cl)c1)CC2)c1ccccc1. The Morgan fingerprint density at radius 3 is 2.52 bits per heavy atom. The van der Waals surface area contributed by atoms with Crippen LogP contribution in [0, 0.1) is 5.41 Å². The third-order valence-corrected chi connectivity index (χ3v) is 6.12. The Bertz CT molecular complexity index is 844. The van der Waals surface area contributed by atoms with Crippen molar-refractivity contribution in [3.05, 3.63) is 70.7 Å². The molecule has 1 atom stereocenters.